The molecule has 0 N–H and O–H groups in total. The molecule has 4 amide bonds. The largest absolute Gasteiger partial charge is 0.382 e. The molecular weight excluding hydrogens is 829 g/mol. The zero-order valence-corrected chi connectivity index (χ0v) is 37.1. The molecule has 0 saturated carbocycles. The minimum absolute atomic E-state index is 0.165. The summed E-state index contributed by atoms with van der Waals surface area (Å²) in [6, 6.07) is 14.7. The molecule has 0 radical (unpaired) electrons. The summed E-state index contributed by atoms with van der Waals surface area (Å²) in [7, 11) is 6.43. The van der Waals surface area contributed by atoms with E-state index in [-0.39, 0.29) is 62.1 Å². The summed E-state index contributed by atoms with van der Waals surface area (Å²) in [4.78, 5) is 59.0. The number of benzene rings is 5. The molecule has 0 saturated heterocycles. The van der Waals surface area contributed by atoms with E-state index in [2.05, 4.69) is 0 Å². The van der Waals surface area contributed by atoms with Crippen LogP contribution in [0.15, 0.2) is 48.5 Å². The molecule has 0 unspecified atom stereocenters. The van der Waals surface area contributed by atoms with Crippen molar-refractivity contribution >= 4 is 66.7 Å². The van der Waals surface area contributed by atoms with Gasteiger partial charge in [-0.15, -0.1) is 0 Å². The summed E-state index contributed by atoms with van der Waals surface area (Å²) in [5.41, 5.74) is 1.76. The molecule has 2 heterocycles. The van der Waals surface area contributed by atoms with E-state index in [1.165, 1.54) is 9.80 Å². The van der Waals surface area contributed by atoms with Gasteiger partial charge in [-0.05, 0) is 69.4 Å². The number of hydrogen-bond acceptors (Lipinski definition) is 14. The van der Waals surface area contributed by atoms with Crippen molar-refractivity contribution in [2.24, 2.45) is 0 Å². The fourth-order valence-electron chi connectivity index (χ4n) is 8.44. The SMILES string of the molecule is COCCOCC(COCCOC)OCCCN1C(=O)c2ccc3c4ccc5c6c(ccc(c7ccc(c2c37)C1=O)c64)C(=O)N(CCCOC(COCCOC)COCCOC)C5=O. The van der Waals surface area contributed by atoms with E-state index in [9.17, 15) is 19.2 Å². The zero-order chi connectivity index (χ0) is 45.0. The Morgan fingerprint density at radius 1 is 0.375 bits per heavy atom. The Morgan fingerprint density at radius 3 is 0.922 bits per heavy atom. The highest BCUT2D eigenvalue weighted by atomic mass is 16.6. The number of hydrogen-bond donors (Lipinski definition) is 0. The van der Waals surface area contributed by atoms with Gasteiger partial charge in [-0.2, -0.15) is 0 Å². The Hall–Kier alpha value is -4.72. The zero-order valence-electron chi connectivity index (χ0n) is 37.1. The molecule has 0 spiro atoms. The first-order valence-corrected chi connectivity index (χ1v) is 21.8. The van der Waals surface area contributed by atoms with Crippen LogP contribution < -0.4 is 0 Å². The van der Waals surface area contributed by atoms with Crippen molar-refractivity contribution in [3.8, 4) is 0 Å². The quantitative estimate of drug-likeness (QED) is 0.0258. The Morgan fingerprint density at radius 2 is 0.656 bits per heavy atom. The molecule has 5 aromatic rings. The number of amides is 4. The number of nitrogens with zero attached hydrogens (tertiary/aromatic N) is 2. The number of methoxy groups -OCH3 is 4. The molecular formula is C48H58N2O14. The Labute approximate surface area is 372 Å². The number of fused-ring (bicyclic) bond motifs is 2. The van der Waals surface area contributed by atoms with Gasteiger partial charge in [0.05, 0.1) is 79.3 Å². The first-order valence-electron chi connectivity index (χ1n) is 21.8. The maximum Gasteiger partial charge on any atom is 0.261 e. The maximum absolute atomic E-state index is 14.1. The van der Waals surface area contributed by atoms with E-state index in [0.717, 1.165) is 32.3 Å². The molecule has 64 heavy (non-hydrogen) atoms. The van der Waals surface area contributed by atoms with Gasteiger partial charge in [0, 0.05) is 87.8 Å². The van der Waals surface area contributed by atoms with Gasteiger partial charge in [-0.1, -0.05) is 24.3 Å². The van der Waals surface area contributed by atoms with Gasteiger partial charge in [-0.25, -0.2) is 0 Å². The van der Waals surface area contributed by atoms with Crippen LogP contribution in [0.3, 0.4) is 0 Å². The number of imide groups is 2. The topological polar surface area (TPSA) is 167 Å². The summed E-state index contributed by atoms with van der Waals surface area (Å²) < 4.78 is 55.1. The van der Waals surface area contributed by atoms with Crippen molar-refractivity contribution in [1.82, 2.24) is 9.80 Å². The number of carbonyl (C=O) groups excluding carboxylic acids is 4. The lowest BCUT2D eigenvalue weighted by atomic mass is 9.82. The third kappa shape index (κ3) is 10.2. The molecule has 0 atom stereocenters. The lowest BCUT2D eigenvalue weighted by molar-refractivity contribution is -0.0707. The minimum Gasteiger partial charge on any atom is -0.382 e. The Kier molecular flexibility index (Phi) is 16.9. The summed E-state index contributed by atoms with van der Waals surface area (Å²) >= 11 is 0. The van der Waals surface area contributed by atoms with E-state index >= 15 is 0 Å². The van der Waals surface area contributed by atoms with Crippen molar-refractivity contribution < 1.29 is 66.5 Å². The molecule has 5 aromatic carbocycles. The van der Waals surface area contributed by atoms with Crippen LogP contribution in [0.2, 0.25) is 0 Å². The average molecular weight is 887 g/mol. The normalized spacial score (nSPS) is 14.2. The van der Waals surface area contributed by atoms with Crippen LogP contribution in [0.4, 0.5) is 0 Å². The second kappa shape index (κ2) is 22.9. The van der Waals surface area contributed by atoms with Crippen molar-refractivity contribution in [3.05, 3.63) is 70.8 Å². The van der Waals surface area contributed by atoms with E-state index < -0.39 is 0 Å². The maximum atomic E-state index is 14.1. The second-order valence-corrected chi connectivity index (χ2v) is 15.6. The highest BCUT2D eigenvalue weighted by Crippen LogP contribution is 2.46. The van der Waals surface area contributed by atoms with Gasteiger partial charge in [0.1, 0.15) is 12.2 Å². The fourth-order valence-corrected chi connectivity index (χ4v) is 8.44. The van der Waals surface area contributed by atoms with E-state index in [0.29, 0.717) is 125 Å². The van der Waals surface area contributed by atoms with Gasteiger partial charge in [0.2, 0.25) is 0 Å². The Bertz CT molecular complexity index is 2090. The smallest absolute Gasteiger partial charge is 0.261 e. The molecule has 0 aromatic heterocycles. The Balaban J connectivity index is 1.06. The third-order valence-electron chi connectivity index (χ3n) is 11.5. The van der Waals surface area contributed by atoms with Gasteiger partial charge in [0.15, 0.2) is 0 Å². The van der Waals surface area contributed by atoms with Crippen LogP contribution in [0.25, 0.3) is 43.1 Å². The van der Waals surface area contributed by atoms with Gasteiger partial charge in [0.25, 0.3) is 23.6 Å². The summed E-state index contributed by atoms with van der Waals surface area (Å²) in [6.45, 7) is 5.61. The molecule has 16 heteroatoms. The molecule has 344 valence electrons. The molecule has 7 rings (SSSR count). The van der Waals surface area contributed by atoms with Gasteiger partial charge in [-0.3, -0.25) is 29.0 Å². The number of carbonyl (C=O) groups is 4. The van der Waals surface area contributed by atoms with Crippen molar-refractivity contribution in [1.29, 1.82) is 0 Å². The van der Waals surface area contributed by atoms with Crippen LogP contribution in [0.1, 0.15) is 54.3 Å². The highest BCUT2D eigenvalue weighted by molar-refractivity contribution is 6.41. The van der Waals surface area contributed by atoms with E-state index in [1.54, 1.807) is 52.7 Å². The number of ether oxygens (including phenoxy) is 10. The first kappa shape index (κ1) is 47.2. The summed E-state index contributed by atoms with van der Waals surface area (Å²) in [6.07, 6.45) is 0.138. The first-order chi connectivity index (χ1) is 31.3. The highest BCUT2D eigenvalue weighted by Gasteiger charge is 2.37. The molecule has 0 bridgehead atoms. The van der Waals surface area contributed by atoms with Gasteiger partial charge < -0.3 is 47.4 Å². The van der Waals surface area contributed by atoms with Crippen LogP contribution in [0, 0.1) is 0 Å². The predicted molar refractivity (Wildman–Crippen MR) is 238 cm³/mol. The van der Waals surface area contributed by atoms with Crippen LogP contribution in [0.5, 0.6) is 0 Å². The fraction of sp³-hybridized carbons (Fsp3) is 0.500. The lowest BCUT2D eigenvalue weighted by Crippen LogP contribution is -2.41. The molecule has 0 aliphatic carbocycles. The average Bonchev–Trinajstić information content (AvgIpc) is 3.31. The van der Waals surface area contributed by atoms with E-state index in [4.69, 9.17) is 47.4 Å². The molecule has 0 fully saturated rings. The van der Waals surface area contributed by atoms with Crippen molar-refractivity contribution in [3.63, 3.8) is 0 Å². The monoisotopic (exact) mass is 886 g/mol. The minimum atomic E-state index is -0.373. The lowest BCUT2D eigenvalue weighted by Gasteiger charge is -2.30. The van der Waals surface area contributed by atoms with Crippen LogP contribution in [-0.4, -0.2) is 180 Å². The van der Waals surface area contributed by atoms with E-state index in [1.807, 2.05) is 24.3 Å². The standard InChI is InChI=1S/C48H58N2O14/c1-55-19-23-59-27-31(28-60-24-20-56-2)63-17-5-15-49-45(51)37-11-7-33-35-9-13-39-44-40(14-10-36(42(35)44)34-8-12-38(46(49)52)43(37)41(33)34)48(54)50(47(39)53)16-6-18-64-32(29-61-25-21-57-3)30-62-26-22-58-4/h7-14,31-32H,5-6,15-30H2,1-4H3. The molecule has 16 nitrogen and oxygen atoms in total. The van der Waals surface area contributed by atoms with Crippen molar-refractivity contribution in [2.75, 3.05) is 134 Å². The van der Waals surface area contributed by atoms with Crippen molar-refractivity contribution in [2.45, 2.75) is 25.0 Å². The molecule has 2 aliphatic heterocycles. The van der Waals surface area contributed by atoms with Crippen LogP contribution in [-0.2, 0) is 47.4 Å². The summed E-state index contributed by atoms with van der Waals surface area (Å²) in [5.74, 6) is -1.49. The third-order valence-corrected chi connectivity index (χ3v) is 11.5. The number of rotatable bonds is 30. The summed E-state index contributed by atoms with van der Waals surface area (Å²) in [5, 5.41) is 6.09. The molecule has 2 aliphatic rings. The van der Waals surface area contributed by atoms with Gasteiger partial charge >= 0.3 is 0 Å². The van der Waals surface area contributed by atoms with Crippen LogP contribution >= 0.6 is 0 Å². The second-order valence-electron chi connectivity index (χ2n) is 15.6. The predicted octanol–water partition coefficient (Wildman–Crippen LogP) is 5.13.